The van der Waals surface area contributed by atoms with E-state index in [1.54, 1.807) is 28.7 Å². The second-order valence-corrected chi connectivity index (χ2v) is 6.53. The maximum Gasteiger partial charge on any atom is 0.274 e. The van der Waals surface area contributed by atoms with Gasteiger partial charge in [-0.2, -0.15) is 0 Å². The number of hydrogen-bond donors (Lipinski definition) is 1. The Morgan fingerprint density at radius 2 is 2.12 bits per heavy atom. The highest BCUT2D eigenvalue weighted by molar-refractivity contribution is 7.15. The minimum absolute atomic E-state index is 0.0689. The average Bonchev–Trinajstić information content (AvgIpc) is 3.08. The molecule has 4 rings (SSSR count). The molecule has 0 aliphatic heterocycles. The highest BCUT2D eigenvalue weighted by Crippen LogP contribution is 2.26. The number of imidazole rings is 1. The van der Waals surface area contributed by atoms with Crippen LogP contribution in [0.1, 0.15) is 11.1 Å². The molecule has 2 heterocycles. The van der Waals surface area contributed by atoms with E-state index in [2.05, 4.69) is 4.98 Å². The van der Waals surface area contributed by atoms with Crippen molar-refractivity contribution in [2.45, 2.75) is 6.92 Å². The van der Waals surface area contributed by atoms with Crippen molar-refractivity contribution in [3.8, 4) is 11.5 Å². The molecule has 2 aromatic carbocycles. The van der Waals surface area contributed by atoms with Crippen LogP contribution >= 0.6 is 11.3 Å². The molecule has 120 valence electrons. The van der Waals surface area contributed by atoms with E-state index in [4.69, 9.17) is 4.74 Å². The number of thiazole rings is 1. The van der Waals surface area contributed by atoms with Crippen molar-refractivity contribution in [2.75, 3.05) is 7.11 Å². The molecule has 2 aromatic heterocycles. The van der Waals surface area contributed by atoms with E-state index in [0.717, 1.165) is 22.2 Å². The first-order valence-electron chi connectivity index (χ1n) is 7.38. The maximum atomic E-state index is 12.8. The second kappa shape index (κ2) is 5.35. The van der Waals surface area contributed by atoms with Gasteiger partial charge in [0.25, 0.3) is 5.56 Å². The van der Waals surface area contributed by atoms with E-state index in [1.165, 1.54) is 18.4 Å². The monoisotopic (exact) mass is 338 g/mol. The molecule has 1 N–H and O–H groups in total. The van der Waals surface area contributed by atoms with Gasteiger partial charge in [-0.1, -0.05) is 29.5 Å². The molecule has 0 unspecified atom stereocenters. The molecular formula is C18H14N2O3S. The molecule has 4 aromatic rings. The third-order valence-corrected chi connectivity index (χ3v) is 4.94. The van der Waals surface area contributed by atoms with Crippen LogP contribution in [-0.4, -0.2) is 21.6 Å². The lowest BCUT2D eigenvalue weighted by Gasteiger charge is -2.03. The van der Waals surface area contributed by atoms with E-state index in [0.29, 0.717) is 15.2 Å². The normalized spacial score (nSPS) is 12.3. The summed E-state index contributed by atoms with van der Waals surface area (Å²) in [6.45, 7) is 1.99. The number of phenols is 1. The van der Waals surface area contributed by atoms with E-state index in [-0.39, 0.29) is 11.3 Å². The Kier molecular flexibility index (Phi) is 3.28. The lowest BCUT2D eigenvalue weighted by molar-refractivity contribution is 0.373. The van der Waals surface area contributed by atoms with Gasteiger partial charge in [0.05, 0.1) is 22.7 Å². The van der Waals surface area contributed by atoms with Crippen molar-refractivity contribution >= 4 is 33.4 Å². The highest BCUT2D eigenvalue weighted by Gasteiger charge is 2.12. The minimum Gasteiger partial charge on any atom is -0.504 e. The zero-order valence-electron chi connectivity index (χ0n) is 13.1. The van der Waals surface area contributed by atoms with Gasteiger partial charge in [0.2, 0.25) is 0 Å². The first-order chi connectivity index (χ1) is 11.6. The molecule has 0 saturated heterocycles. The molecule has 24 heavy (non-hydrogen) atoms. The van der Waals surface area contributed by atoms with Gasteiger partial charge in [0, 0.05) is 0 Å². The van der Waals surface area contributed by atoms with Crippen LogP contribution in [0, 0.1) is 6.92 Å². The van der Waals surface area contributed by atoms with Crippen LogP contribution in [0.2, 0.25) is 0 Å². The summed E-state index contributed by atoms with van der Waals surface area (Å²) in [6, 6.07) is 10.8. The molecule has 0 aliphatic carbocycles. The predicted octanol–water partition coefficient (Wildman–Crippen LogP) is 2.48. The Balaban J connectivity index is 1.96. The van der Waals surface area contributed by atoms with Gasteiger partial charge < -0.3 is 9.84 Å². The number of ether oxygens (including phenoxy) is 1. The molecule has 6 heteroatoms. The molecule has 0 bridgehead atoms. The number of phenolic OH excluding ortho intramolecular Hbond substituents is 1. The van der Waals surface area contributed by atoms with Crippen LogP contribution in [0.3, 0.4) is 0 Å². The Hall–Kier alpha value is -2.86. The summed E-state index contributed by atoms with van der Waals surface area (Å²) in [5.41, 5.74) is 3.44. The van der Waals surface area contributed by atoms with Crippen molar-refractivity contribution in [2.24, 2.45) is 0 Å². The van der Waals surface area contributed by atoms with Crippen molar-refractivity contribution in [3.63, 3.8) is 0 Å². The van der Waals surface area contributed by atoms with Crippen molar-refractivity contribution in [1.82, 2.24) is 9.38 Å². The van der Waals surface area contributed by atoms with Crippen LogP contribution in [0.15, 0.2) is 41.2 Å². The van der Waals surface area contributed by atoms with Gasteiger partial charge in [-0.25, -0.2) is 9.38 Å². The van der Waals surface area contributed by atoms with E-state index < -0.39 is 0 Å². The molecular weight excluding hydrogens is 324 g/mol. The molecule has 0 atom stereocenters. The number of rotatable bonds is 2. The van der Waals surface area contributed by atoms with Crippen LogP contribution < -0.4 is 14.8 Å². The average molecular weight is 338 g/mol. The topological polar surface area (TPSA) is 63.8 Å². The maximum absolute atomic E-state index is 12.8. The fourth-order valence-corrected chi connectivity index (χ4v) is 3.74. The summed E-state index contributed by atoms with van der Waals surface area (Å²) in [4.78, 5) is 18.0. The number of nitrogens with zero attached hydrogens (tertiary/aromatic N) is 2. The fourth-order valence-electron chi connectivity index (χ4n) is 2.76. The first kappa shape index (κ1) is 14.7. The molecule has 0 saturated carbocycles. The highest BCUT2D eigenvalue weighted by atomic mass is 32.1. The third-order valence-electron chi connectivity index (χ3n) is 3.97. The zero-order chi connectivity index (χ0) is 16.8. The third kappa shape index (κ3) is 2.15. The predicted molar refractivity (Wildman–Crippen MR) is 95.0 cm³/mol. The Labute approximate surface area is 141 Å². The fraction of sp³-hybridized carbons (Fsp3) is 0.111. The van der Waals surface area contributed by atoms with Crippen LogP contribution in [-0.2, 0) is 0 Å². The number of aromatic nitrogens is 2. The second-order valence-electron chi connectivity index (χ2n) is 5.52. The van der Waals surface area contributed by atoms with Crippen molar-refractivity contribution in [1.29, 1.82) is 0 Å². The van der Waals surface area contributed by atoms with Gasteiger partial charge in [-0.3, -0.25) is 4.79 Å². The molecule has 5 nitrogen and oxygen atoms in total. The van der Waals surface area contributed by atoms with E-state index in [1.807, 2.05) is 25.1 Å². The summed E-state index contributed by atoms with van der Waals surface area (Å²) < 4.78 is 7.35. The summed E-state index contributed by atoms with van der Waals surface area (Å²) in [6.07, 6.45) is 1.78. The van der Waals surface area contributed by atoms with E-state index in [9.17, 15) is 9.90 Å². The van der Waals surface area contributed by atoms with Gasteiger partial charge >= 0.3 is 0 Å². The Morgan fingerprint density at radius 1 is 1.29 bits per heavy atom. The number of hydrogen-bond acceptors (Lipinski definition) is 5. The number of methoxy groups -OCH3 is 1. The quantitative estimate of drug-likeness (QED) is 0.610. The molecule has 0 aliphatic rings. The molecule has 0 amide bonds. The van der Waals surface area contributed by atoms with Crippen LogP contribution in [0.4, 0.5) is 0 Å². The molecule has 0 spiro atoms. The standard InChI is InChI=1S/C18H14N2O3S/c1-10-4-3-5-12-16(10)19-18-20(12)17(22)15(24-18)9-11-6-7-13(21)14(8-11)23-2/h3-9,21H,1-2H3/b15-9-. The lowest BCUT2D eigenvalue weighted by Crippen LogP contribution is -2.22. The van der Waals surface area contributed by atoms with Crippen molar-refractivity contribution < 1.29 is 9.84 Å². The van der Waals surface area contributed by atoms with Gasteiger partial charge in [-0.05, 0) is 42.3 Å². The van der Waals surface area contributed by atoms with Gasteiger partial charge in [-0.15, -0.1) is 0 Å². The summed E-state index contributed by atoms with van der Waals surface area (Å²) in [5.74, 6) is 0.443. The summed E-state index contributed by atoms with van der Waals surface area (Å²) >= 11 is 1.35. The lowest BCUT2D eigenvalue weighted by atomic mass is 10.2. The largest absolute Gasteiger partial charge is 0.504 e. The number of aryl methyl sites for hydroxylation is 1. The number of para-hydroxylation sites is 1. The van der Waals surface area contributed by atoms with Crippen molar-refractivity contribution in [3.05, 3.63) is 62.4 Å². The Bertz CT molecular complexity index is 1190. The zero-order valence-corrected chi connectivity index (χ0v) is 13.9. The molecule has 0 radical (unpaired) electrons. The SMILES string of the molecule is COc1cc(/C=c2\sc3nc4c(C)cccc4n3c2=O)ccc1O. The summed E-state index contributed by atoms with van der Waals surface area (Å²) in [5, 5.41) is 9.67. The first-order valence-corrected chi connectivity index (χ1v) is 8.19. The summed E-state index contributed by atoms with van der Waals surface area (Å²) in [7, 11) is 1.49. The van der Waals surface area contributed by atoms with Crippen LogP contribution in [0.5, 0.6) is 11.5 Å². The van der Waals surface area contributed by atoms with Gasteiger partial charge in [0.15, 0.2) is 16.5 Å². The van der Waals surface area contributed by atoms with E-state index >= 15 is 0 Å². The van der Waals surface area contributed by atoms with Crippen LogP contribution in [0.25, 0.3) is 22.1 Å². The number of aromatic hydroxyl groups is 1. The van der Waals surface area contributed by atoms with Gasteiger partial charge in [0.1, 0.15) is 0 Å². The Morgan fingerprint density at radius 3 is 2.92 bits per heavy atom. The minimum atomic E-state index is -0.0878. The molecule has 0 fully saturated rings. The smallest absolute Gasteiger partial charge is 0.274 e. The number of fused-ring (bicyclic) bond motifs is 3. The number of benzene rings is 2.